The minimum atomic E-state index is 0.447. The van der Waals surface area contributed by atoms with E-state index in [4.69, 9.17) is 4.74 Å². The Kier molecular flexibility index (Phi) is 3.82. The van der Waals surface area contributed by atoms with Crippen LogP contribution < -0.4 is 5.32 Å². The topological polar surface area (TPSA) is 21.3 Å². The molecule has 16 heavy (non-hydrogen) atoms. The number of ether oxygens (including phenoxy) is 1. The first-order chi connectivity index (χ1) is 7.76. The Bertz CT molecular complexity index is 306. The first-order valence-electron chi connectivity index (χ1n) is 6.36. The van der Waals surface area contributed by atoms with E-state index in [-0.39, 0.29) is 0 Å². The molecule has 0 amide bonds. The van der Waals surface area contributed by atoms with Crippen LogP contribution in [0.2, 0.25) is 0 Å². The molecule has 0 aromatic heterocycles. The molecule has 0 aromatic rings. The van der Waals surface area contributed by atoms with Gasteiger partial charge in [-0.2, -0.15) is 0 Å². The van der Waals surface area contributed by atoms with Gasteiger partial charge in [-0.05, 0) is 43.4 Å². The van der Waals surface area contributed by atoms with Crippen LogP contribution in [0.15, 0.2) is 23.3 Å². The van der Waals surface area contributed by atoms with Crippen LogP contribution in [-0.4, -0.2) is 26.3 Å². The second-order valence-electron chi connectivity index (χ2n) is 5.00. The summed E-state index contributed by atoms with van der Waals surface area (Å²) < 4.78 is 5.50. The fraction of sp³-hybridized carbons (Fsp3) is 0.714. The molecular weight excluding hydrogens is 198 g/mol. The summed E-state index contributed by atoms with van der Waals surface area (Å²) in [5.41, 5.74) is 3.01. The van der Waals surface area contributed by atoms with E-state index >= 15 is 0 Å². The number of hydrogen-bond donors (Lipinski definition) is 1. The Morgan fingerprint density at radius 2 is 2.19 bits per heavy atom. The van der Waals surface area contributed by atoms with Gasteiger partial charge >= 0.3 is 0 Å². The third-order valence-electron chi connectivity index (χ3n) is 4.03. The van der Waals surface area contributed by atoms with E-state index in [1.807, 2.05) is 7.11 Å². The van der Waals surface area contributed by atoms with Crippen molar-refractivity contribution in [1.82, 2.24) is 5.32 Å². The van der Waals surface area contributed by atoms with E-state index < -0.39 is 0 Å². The van der Waals surface area contributed by atoms with Gasteiger partial charge in [-0.3, -0.25) is 0 Å². The third-order valence-corrected chi connectivity index (χ3v) is 4.03. The average molecular weight is 221 g/mol. The van der Waals surface area contributed by atoms with Gasteiger partial charge in [-0.1, -0.05) is 19.1 Å². The van der Waals surface area contributed by atoms with Crippen molar-refractivity contribution in [3.8, 4) is 0 Å². The standard InChI is InChI=1S/C14H23NO/c1-4-11-5-6-15-9-12(11)8-13-10(2)7-14(13)16-3/h4,8,10,13-15H,5-7,9H2,1-3H3/b11-4-,12-8-. The van der Waals surface area contributed by atoms with Crippen LogP contribution in [0.4, 0.5) is 0 Å². The maximum atomic E-state index is 5.50. The first-order valence-corrected chi connectivity index (χ1v) is 6.36. The molecule has 3 atom stereocenters. The lowest BCUT2D eigenvalue weighted by atomic mass is 9.70. The van der Waals surface area contributed by atoms with E-state index in [1.165, 1.54) is 24.0 Å². The second-order valence-corrected chi connectivity index (χ2v) is 5.00. The van der Waals surface area contributed by atoms with E-state index in [2.05, 4.69) is 31.3 Å². The molecule has 90 valence electrons. The SMILES string of the molecule is C/C=C1/CCNC/C1=C/C1C(C)CC1OC. The summed E-state index contributed by atoms with van der Waals surface area (Å²) in [7, 11) is 1.83. The molecule has 1 saturated carbocycles. The Balaban J connectivity index is 2.09. The molecule has 1 aliphatic carbocycles. The van der Waals surface area contributed by atoms with Crippen LogP contribution in [-0.2, 0) is 4.74 Å². The molecular formula is C14H23NO. The van der Waals surface area contributed by atoms with Crippen molar-refractivity contribution < 1.29 is 4.74 Å². The predicted molar refractivity (Wildman–Crippen MR) is 67.4 cm³/mol. The molecule has 3 unspecified atom stereocenters. The summed E-state index contributed by atoms with van der Waals surface area (Å²) in [5.74, 6) is 1.40. The number of rotatable bonds is 2. The summed E-state index contributed by atoms with van der Waals surface area (Å²) in [4.78, 5) is 0. The molecule has 2 heteroatoms. The van der Waals surface area contributed by atoms with Crippen LogP contribution in [0, 0.1) is 11.8 Å². The molecule has 1 heterocycles. The van der Waals surface area contributed by atoms with Crippen LogP contribution in [0.25, 0.3) is 0 Å². The highest BCUT2D eigenvalue weighted by molar-refractivity contribution is 5.35. The van der Waals surface area contributed by atoms with E-state index in [9.17, 15) is 0 Å². The summed E-state index contributed by atoms with van der Waals surface area (Å²) in [6, 6.07) is 0. The van der Waals surface area contributed by atoms with Crippen molar-refractivity contribution in [3.05, 3.63) is 23.3 Å². The summed E-state index contributed by atoms with van der Waals surface area (Å²) >= 11 is 0. The second kappa shape index (κ2) is 5.15. The van der Waals surface area contributed by atoms with Crippen molar-refractivity contribution in [2.24, 2.45) is 11.8 Å². The molecule has 1 N–H and O–H groups in total. The van der Waals surface area contributed by atoms with Crippen molar-refractivity contribution in [1.29, 1.82) is 0 Å². The van der Waals surface area contributed by atoms with E-state index in [0.717, 1.165) is 19.0 Å². The molecule has 2 nitrogen and oxygen atoms in total. The summed E-state index contributed by atoms with van der Waals surface area (Å²) in [6.45, 7) is 6.61. The van der Waals surface area contributed by atoms with Gasteiger partial charge in [-0.25, -0.2) is 0 Å². The smallest absolute Gasteiger partial charge is 0.0639 e. The number of nitrogens with one attached hydrogen (secondary N) is 1. The molecule has 0 radical (unpaired) electrons. The number of piperidine rings is 1. The zero-order chi connectivity index (χ0) is 11.5. The molecule has 1 saturated heterocycles. The fourth-order valence-electron chi connectivity index (χ4n) is 2.82. The number of hydrogen-bond acceptors (Lipinski definition) is 2. The van der Waals surface area contributed by atoms with E-state index in [0.29, 0.717) is 12.0 Å². The summed E-state index contributed by atoms with van der Waals surface area (Å²) in [6.07, 6.45) is 7.54. The predicted octanol–water partition coefficient (Wildman–Crippen LogP) is 2.52. The minimum absolute atomic E-state index is 0.447. The monoisotopic (exact) mass is 221 g/mol. The molecule has 2 aliphatic rings. The van der Waals surface area contributed by atoms with Crippen LogP contribution in [0.5, 0.6) is 0 Å². The number of allylic oxidation sites excluding steroid dienone is 1. The average Bonchev–Trinajstić information content (AvgIpc) is 2.33. The number of methoxy groups -OCH3 is 1. The molecule has 2 rings (SSSR count). The van der Waals surface area contributed by atoms with E-state index in [1.54, 1.807) is 0 Å². The van der Waals surface area contributed by atoms with Gasteiger partial charge in [0.15, 0.2) is 0 Å². The van der Waals surface area contributed by atoms with Crippen molar-refractivity contribution >= 4 is 0 Å². The maximum Gasteiger partial charge on any atom is 0.0639 e. The largest absolute Gasteiger partial charge is 0.381 e. The lowest BCUT2D eigenvalue weighted by molar-refractivity contribution is -0.0341. The van der Waals surface area contributed by atoms with Gasteiger partial charge in [0.2, 0.25) is 0 Å². The Morgan fingerprint density at radius 3 is 2.81 bits per heavy atom. The minimum Gasteiger partial charge on any atom is -0.381 e. The third kappa shape index (κ3) is 2.23. The molecule has 1 aliphatic heterocycles. The lowest BCUT2D eigenvalue weighted by Crippen LogP contribution is -2.40. The van der Waals surface area contributed by atoms with Gasteiger partial charge in [0.1, 0.15) is 0 Å². The van der Waals surface area contributed by atoms with Crippen molar-refractivity contribution in [2.45, 2.75) is 32.8 Å². The highest BCUT2D eigenvalue weighted by Crippen LogP contribution is 2.38. The van der Waals surface area contributed by atoms with Crippen LogP contribution >= 0.6 is 0 Å². The lowest BCUT2D eigenvalue weighted by Gasteiger charge is -2.41. The van der Waals surface area contributed by atoms with Crippen molar-refractivity contribution in [2.75, 3.05) is 20.2 Å². The van der Waals surface area contributed by atoms with Crippen LogP contribution in [0.1, 0.15) is 26.7 Å². The zero-order valence-corrected chi connectivity index (χ0v) is 10.6. The summed E-state index contributed by atoms with van der Waals surface area (Å²) in [5, 5.41) is 3.45. The maximum absolute atomic E-state index is 5.50. The fourth-order valence-corrected chi connectivity index (χ4v) is 2.82. The van der Waals surface area contributed by atoms with Gasteiger partial charge < -0.3 is 10.1 Å². The molecule has 0 spiro atoms. The Morgan fingerprint density at radius 1 is 1.38 bits per heavy atom. The highest BCUT2D eigenvalue weighted by atomic mass is 16.5. The van der Waals surface area contributed by atoms with Gasteiger partial charge in [0.05, 0.1) is 6.10 Å². The molecule has 0 bridgehead atoms. The highest BCUT2D eigenvalue weighted by Gasteiger charge is 2.36. The molecule has 2 fully saturated rings. The normalized spacial score (nSPS) is 40.1. The quantitative estimate of drug-likeness (QED) is 0.773. The van der Waals surface area contributed by atoms with Crippen LogP contribution in [0.3, 0.4) is 0 Å². The molecule has 0 aromatic carbocycles. The zero-order valence-electron chi connectivity index (χ0n) is 10.6. The Labute approximate surface area is 98.8 Å². The van der Waals surface area contributed by atoms with Crippen molar-refractivity contribution in [3.63, 3.8) is 0 Å². The first kappa shape index (κ1) is 11.9. The Hall–Kier alpha value is -0.600. The van der Waals surface area contributed by atoms with Gasteiger partial charge in [0, 0.05) is 19.6 Å². The van der Waals surface area contributed by atoms with Gasteiger partial charge in [0.25, 0.3) is 0 Å². The van der Waals surface area contributed by atoms with Gasteiger partial charge in [-0.15, -0.1) is 0 Å².